The summed E-state index contributed by atoms with van der Waals surface area (Å²) < 4.78 is 57.2. The number of hydrogen-bond donors (Lipinski definition) is 0. The van der Waals surface area contributed by atoms with Crippen LogP contribution in [0, 0.1) is 6.92 Å². The van der Waals surface area contributed by atoms with Gasteiger partial charge in [0.1, 0.15) is 17.1 Å². The van der Waals surface area contributed by atoms with Gasteiger partial charge in [-0.3, -0.25) is 9.78 Å². The second kappa shape index (κ2) is 8.70. The van der Waals surface area contributed by atoms with Gasteiger partial charge in [-0.25, -0.2) is 4.79 Å². The van der Waals surface area contributed by atoms with Gasteiger partial charge in [-0.2, -0.15) is 13.2 Å². The first kappa shape index (κ1) is 22.5. The number of aromatic nitrogens is 1. The fourth-order valence-corrected chi connectivity index (χ4v) is 3.35. The number of rotatable bonds is 4. The predicted octanol–water partition coefficient (Wildman–Crippen LogP) is 6.29. The summed E-state index contributed by atoms with van der Waals surface area (Å²) in [6.45, 7) is 1.73. The monoisotopic (exact) mass is 519 g/mol. The average Bonchev–Trinajstić information content (AvgIpc) is 2.75. The van der Waals surface area contributed by atoms with Crippen molar-refractivity contribution in [3.05, 3.63) is 92.5 Å². The molecule has 33 heavy (non-hydrogen) atoms. The summed E-state index contributed by atoms with van der Waals surface area (Å²) in [7, 11) is 0. The third-order valence-corrected chi connectivity index (χ3v) is 4.87. The molecule has 0 bridgehead atoms. The molecule has 0 aliphatic rings. The summed E-state index contributed by atoms with van der Waals surface area (Å²) >= 11 is 3.18. The maximum Gasteiger partial charge on any atom is 0.453 e. The van der Waals surface area contributed by atoms with Crippen molar-refractivity contribution in [2.75, 3.05) is 0 Å². The first-order chi connectivity index (χ1) is 15.6. The Hall–Kier alpha value is -3.66. The van der Waals surface area contributed by atoms with Crippen LogP contribution in [0.15, 0.2) is 74.6 Å². The number of pyridine rings is 1. The summed E-state index contributed by atoms with van der Waals surface area (Å²) in [5.74, 6) is -3.43. The number of carbonyl (C=O) groups is 1. The van der Waals surface area contributed by atoms with Crippen molar-refractivity contribution in [3.8, 4) is 17.2 Å². The molecule has 0 unspecified atom stereocenters. The highest BCUT2D eigenvalue weighted by atomic mass is 79.9. The van der Waals surface area contributed by atoms with E-state index in [9.17, 15) is 22.8 Å². The molecule has 0 aliphatic carbocycles. The van der Waals surface area contributed by atoms with Gasteiger partial charge >= 0.3 is 12.1 Å². The van der Waals surface area contributed by atoms with E-state index < -0.39 is 34.7 Å². The highest BCUT2D eigenvalue weighted by molar-refractivity contribution is 9.10. The summed E-state index contributed by atoms with van der Waals surface area (Å²) in [4.78, 5) is 29.0. The Morgan fingerprint density at radius 3 is 2.55 bits per heavy atom. The van der Waals surface area contributed by atoms with Crippen LogP contribution in [0.5, 0.6) is 17.2 Å². The van der Waals surface area contributed by atoms with Crippen molar-refractivity contribution in [1.82, 2.24) is 4.98 Å². The van der Waals surface area contributed by atoms with Crippen LogP contribution in [0.2, 0.25) is 0 Å². The molecule has 0 N–H and O–H groups in total. The smallest absolute Gasteiger partial charge is 0.449 e. The fraction of sp³-hybridized carbons (Fsp3) is 0.0870. The largest absolute Gasteiger partial charge is 0.453 e. The van der Waals surface area contributed by atoms with Crippen LogP contribution in [0.25, 0.3) is 11.0 Å². The molecule has 0 spiro atoms. The van der Waals surface area contributed by atoms with Gasteiger partial charge in [0.2, 0.25) is 11.2 Å². The molecule has 2 heterocycles. The lowest BCUT2D eigenvalue weighted by Crippen LogP contribution is -2.15. The van der Waals surface area contributed by atoms with Gasteiger partial charge in [-0.15, -0.1) is 0 Å². The molecule has 4 aromatic rings. The topological polar surface area (TPSA) is 78.6 Å². The molecule has 6 nitrogen and oxygen atoms in total. The van der Waals surface area contributed by atoms with E-state index in [-0.39, 0.29) is 22.4 Å². The third-order valence-electron chi connectivity index (χ3n) is 4.44. The lowest BCUT2D eigenvalue weighted by atomic mass is 10.2. The van der Waals surface area contributed by atoms with Gasteiger partial charge in [0.15, 0.2) is 0 Å². The molecule has 2 aromatic carbocycles. The number of hydrogen-bond acceptors (Lipinski definition) is 6. The fourth-order valence-electron chi connectivity index (χ4n) is 2.99. The average molecular weight is 520 g/mol. The number of fused-ring (bicyclic) bond motifs is 1. The van der Waals surface area contributed by atoms with Crippen molar-refractivity contribution in [2.24, 2.45) is 0 Å². The minimum atomic E-state index is -5.01. The van der Waals surface area contributed by atoms with Crippen LogP contribution in [-0.2, 0) is 6.18 Å². The Labute approximate surface area is 192 Å². The first-order valence-electron chi connectivity index (χ1n) is 9.37. The molecule has 0 radical (unpaired) electrons. The molecule has 2 aromatic heterocycles. The van der Waals surface area contributed by atoms with E-state index in [2.05, 4.69) is 20.9 Å². The number of alkyl halides is 3. The van der Waals surface area contributed by atoms with E-state index in [0.29, 0.717) is 4.47 Å². The maximum absolute atomic E-state index is 13.7. The number of ether oxygens (including phenoxy) is 2. The Balaban J connectivity index is 1.76. The van der Waals surface area contributed by atoms with E-state index in [1.165, 1.54) is 42.7 Å². The molecule has 4 rings (SSSR count). The highest BCUT2D eigenvalue weighted by Crippen LogP contribution is 2.38. The third kappa shape index (κ3) is 4.90. The molecular weight excluding hydrogens is 507 g/mol. The zero-order valence-electron chi connectivity index (χ0n) is 16.8. The maximum atomic E-state index is 13.7. The van der Waals surface area contributed by atoms with Crippen LogP contribution in [0.1, 0.15) is 21.7 Å². The van der Waals surface area contributed by atoms with Crippen LogP contribution in [0.4, 0.5) is 13.2 Å². The summed E-state index contributed by atoms with van der Waals surface area (Å²) in [5.41, 5.74) is -0.581. The molecular formula is C23H13BrF3NO5. The second-order valence-corrected chi connectivity index (χ2v) is 7.86. The number of aryl methyl sites for hydroxylation is 1. The van der Waals surface area contributed by atoms with Gasteiger partial charge in [-0.1, -0.05) is 12.1 Å². The van der Waals surface area contributed by atoms with Crippen LogP contribution in [0.3, 0.4) is 0 Å². The Morgan fingerprint density at radius 1 is 1.06 bits per heavy atom. The Bertz CT molecular complexity index is 1430. The zero-order valence-corrected chi connectivity index (χ0v) is 18.4. The van der Waals surface area contributed by atoms with E-state index in [4.69, 9.17) is 13.9 Å². The number of halogens is 4. The number of nitrogens with zero attached hydrogens (tertiary/aromatic N) is 1. The second-order valence-electron chi connectivity index (χ2n) is 6.95. The molecule has 0 atom stereocenters. The van der Waals surface area contributed by atoms with E-state index in [1.807, 2.05) is 0 Å². The molecule has 0 saturated carbocycles. The van der Waals surface area contributed by atoms with Crippen molar-refractivity contribution in [2.45, 2.75) is 13.1 Å². The van der Waals surface area contributed by atoms with Crippen molar-refractivity contribution >= 4 is 32.9 Å². The lowest BCUT2D eigenvalue weighted by molar-refractivity contribution is -0.154. The lowest BCUT2D eigenvalue weighted by Gasteiger charge is -2.14. The van der Waals surface area contributed by atoms with Gasteiger partial charge in [0.25, 0.3) is 5.76 Å². The van der Waals surface area contributed by atoms with Gasteiger partial charge in [0.05, 0.1) is 10.9 Å². The first-order valence-corrected chi connectivity index (χ1v) is 10.2. The van der Waals surface area contributed by atoms with Crippen LogP contribution in [-0.4, -0.2) is 11.0 Å². The van der Waals surface area contributed by atoms with Crippen molar-refractivity contribution < 1.29 is 31.9 Å². The molecule has 10 heteroatoms. The van der Waals surface area contributed by atoms with E-state index in [0.717, 1.165) is 11.6 Å². The van der Waals surface area contributed by atoms with Crippen LogP contribution >= 0.6 is 15.9 Å². The predicted molar refractivity (Wildman–Crippen MR) is 116 cm³/mol. The highest BCUT2D eigenvalue weighted by Gasteiger charge is 2.40. The normalized spacial score (nSPS) is 11.4. The molecule has 0 saturated heterocycles. The van der Waals surface area contributed by atoms with Crippen molar-refractivity contribution in [3.63, 3.8) is 0 Å². The summed E-state index contributed by atoms with van der Waals surface area (Å²) in [6.07, 6.45) is -2.28. The molecule has 168 valence electrons. The standard InChI is InChI=1S/C23H13BrF3NO5/c1-12-3-2-4-15(7-12)31-20-19(29)17-6-5-16(9-18(17)33-21(20)23(25,26)27)32-22(30)13-8-14(24)11-28-10-13/h2-11H,1H3. The minimum Gasteiger partial charge on any atom is -0.449 e. The van der Waals surface area contributed by atoms with Gasteiger partial charge in [-0.05, 0) is 58.7 Å². The van der Waals surface area contributed by atoms with Crippen LogP contribution < -0.4 is 14.9 Å². The Morgan fingerprint density at radius 2 is 1.85 bits per heavy atom. The number of benzene rings is 2. The van der Waals surface area contributed by atoms with E-state index >= 15 is 0 Å². The summed E-state index contributed by atoms with van der Waals surface area (Å²) in [6, 6.07) is 11.2. The van der Waals surface area contributed by atoms with Crippen molar-refractivity contribution in [1.29, 1.82) is 0 Å². The molecule has 0 amide bonds. The van der Waals surface area contributed by atoms with E-state index in [1.54, 1.807) is 19.1 Å². The molecule has 0 aliphatic heterocycles. The minimum absolute atomic E-state index is 0.0559. The summed E-state index contributed by atoms with van der Waals surface area (Å²) in [5, 5.41) is -0.172. The molecule has 0 fully saturated rings. The van der Waals surface area contributed by atoms with Gasteiger partial charge in [0, 0.05) is 22.9 Å². The number of carbonyl (C=O) groups excluding carboxylic acids is 1. The quantitative estimate of drug-likeness (QED) is 0.233. The number of esters is 1. The zero-order chi connectivity index (χ0) is 23.8. The SMILES string of the molecule is Cc1cccc(Oc2c(C(F)(F)F)oc3cc(OC(=O)c4cncc(Br)c4)ccc3c2=O)c1. The van der Waals surface area contributed by atoms with Gasteiger partial charge < -0.3 is 13.9 Å². The Kier molecular flexibility index (Phi) is 5.94.